The van der Waals surface area contributed by atoms with Crippen molar-refractivity contribution in [1.29, 1.82) is 0 Å². The number of hydrogen-bond donors (Lipinski definition) is 2. The molecule has 2 heterocycles. The van der Waals surface area contributed by atoms with E-state index in [2.05, 4.69) is 20.6 Å². The first kappa shape index (κ1) is 21.1. The summed E-state index contributed by atoms with van der Waals surface area (Å²) in [6, 6.07) is 3.44. The lowest BCUT2D eigenvalue weighted by molar-refractivity contribution is -0.116. The molecule has 154 valence electrons. The van der Waals surface area contributed by atoms with Gasteiger partial charge in [-0.2, -0.15) is 0 Å². The standard InChI is InChI=1S/C20H25N5O3S/c1-4-21-15-9-8-12(10-22-15)17(27)13-6-5-7-14-19(18(13)28)29-20(23-14)24-16(26)11-25(2)3/h8-10,13H,4-7,11H2,1-3H3,(H,21,22)(H,23,24,26). The number of thiazole rings is 1. The topological polar surface area (TPSA) is 104 Å². The van der Waals surface area contributed by atoms with Crippen LogP contribution in [0.1, 0.15) is 45.5 Å². The molecule has 1 aliphatic carbocycles. The summed E-state index contributed by atoms with van der Waals surface area (Å²) in [7, 11) is 3.60. The summed E-state index contributed by atoms with van der Waals surface area (Å²) >= 11 is 1.15. The van der Waals surface area contributed by atoms with Gasteiger partial charge in [0.1, 0.15) is 5.82 Å². The number of aryl methyl sites for hydroxylation is 1. The minimum atomic E-state index is -0.742. The lowest BCUT2D eigenvalue weighted by Gasteiger charge is -2.12. The van der Waals surface area contributed by atoms with Crippen molar-refractivity contribution < 1.29 is 14.4 Å². The number of aromatic nitrogens is 2. The number of anilines is 2. The van der Waals surface area contributed by atoms with Gasteiger partial charge in [0.2, 0.25) is 5.91 Å². The first-order valence-corrected chi connectivity index (χ1v) is 10.4. The van der Waals surface area contributed by atoms with Gasteiger partial charge in [0.05, 0.1) is 23.0 Å². The number of pyridine rings is 1. The second-order valence-corrected chi connectivity index (χ2v) is 8.22. The maximum atomic E-state index is 13.1. The molecule has 0 spiro atoms. The number of hydrogen-bond acceptors (Lipinski definition) is 8. The van der Waals surface area contributed by atoms with Crippen molar-refractivity contribution in [2.45, 2.75) is 26.2 Å². The summed E-state index contributed by atoms with van der Waals surface area (Å²) in [4.78, 5) is 48.9. The Morgan fingerprint density at radius 3 is 2.76 bits per heavy atom. The van der Waals surface area contributed by atoms with E-state index in [0.717, 1.165) is 17.9 Å². The molecule has 2 N–H and O–H groups in total. The molecule has 0 saturated heterocycles. The van der Waals surface area contributed by atoms with Crippen LogP contribution in [0.2, 0.25) is 0 Å². The Balaban J connectivity index is 1.77. The molecule has 29 heavy (non-hydrogen) atoms. The Morgan fingerprint density at radius 1 is 1.31 bits per heavy atom. The van der Waals surface area contributed by atoms with Crippen LogP contribution in [0.15, 0.2) is 18.3 Å². The number of ketones is 2. The lowest BCUT2D eigenvalue weighted by Crippen LogP contribution is -2.27. The van der Waals surface area contributed by atoms with Crippen LogP contribution in [0, 0.1) is 5.92 Å². The molecule has 0 aliphatic heterocycles. The van der Waals surface area contributed by atoms with Crippen LogP contribution in [0.4, 0.5) is 10.9 Å². The number of carbonyl (C=O) groups excluding carboxylic acids is 3. The van der Waals surface area contributed by atoms with Crippen molar-refractivity contribution in [3.63, 3.8) is 0 Å². The Hall–Kier alpha value is -2.65. The van der Waals surface area contributed by atoms with Gasteiger partial charge in [-0.1, -0.05) is 11.3 Å². The van der Waals surface area contributed by atoms with Gasteiger partial charge in [-0.3, -0.25) is 14.4 Å². The molecule has 0 saturated carbocycles. The van der Waals surface area contributed by atoms with E-state index in [9.17, 15) is 14.4 Å². The van der Waals surface area contributed by atoms with E-state index >= 15 is 0 Å². The van der Waals surface area contributed by atoms with Gasteiger partial charge >= 0.3 is 0 Å². The molecule has 2 aromatic rings. The maximum Gasteiger partial charge on any atom is 0.240 e. The predicted octanol–water partition coefficient (Wildman–Crippen LogP) is 2.49. The van der Waals surface area contributed by atoms with Crippen LogP contribution in [0.5, 0.6) is 0 Å². The first-order chi connectivity index (χ1) is 13.9. The third-order valence-electron chi connectivity index (χ3n) is 4.57. The molecule has 0 aromatic carbocycles. The molecule has 1 unspecified atom stereocenters. The molecule has 1 amide bonds. The number of fused-ring (bicyclic) bond motifs is 1. The highest BCUT2D eigenvalue weighted by Crippen LogP contribution is 2.33. The minimum absolute atomic E-state index is 0.189. The van der Waals surface area contributed by atoms with E-state index in [-0.39, 0.29) is 24.0 Å². The van der Waals surface area contributed by atoms with E-state index in [4.69, 9.17) is 0 Å². The third-order valence-corrected chi connectivity index (χ3v) is 5.60. The summed E-state index contributed by atoms with van der Waals surface area (Å²) in [5.41, 5.74) is 1.09. The van der Waals surface area contributed by atoms with Gasteiger partial charge in [-0.05, 0) is 52.4 Å². The Labute approximate surface area is 173 Å². The van der Waals surface area contributed by atoms with E-state index in [1.807, 2.05) is 6.92 Å². The Kier molecular flexibility index (Phi) is 6.71. The third kappa shape index (κ3) is 5.04. The van der Waals surface area contributed by atoms with Crippen molar-refractivity contribution in [2.75, 3.05) is 37.8 Å². The fourth-order valence-electron chi connectivity index (χ4n) is 3.25. The van der Waals surface area contributed by atoms with Gasteiger partial charge in [-0.15, -0.1) is 0 Å². The van der Waals surface area contributed by atoms with Crippen LogP contribution in [-0.4, -0.2) is 59.5 Å². The van der Waals surface area contributed by atoms with Gasteiger partial charge in [-0.25, -0.2) is 9.97 Å². The predicted molar refractivity (Wildman–Crippen MR) is 113 cm³/mol. The molecule has 1 aliphatic rings. The van der Waals surface area contributed by atoms with Crippen LogP contribution in [0.25, 0.3) is 0 Å². The average molecular weight is 416 g/mol. The molecule has 1 atom stereocenters. The van der Waals surface area contributed by atoms with E-state index < -0.39 is 5.92 Å². The molecular formula is C20H25N5O3S. The number of nitrogens with zero attached hydrogens (tertiary/aromatic N) is 3. The highest BCUT2D eigenvalue weighted by Gasteiger charge is 2.34. The van der Waals surface area contributed by atoms with Gasteiger partial charge in [0.15, 0.2) is 16.7 Å². The van der Waals surface area contributed by atoms with Crippen LogP contribution in [-0.2, 0) is 11.2 Å². The summed E-state index contributed by atoms with van der Waals surface area (Å²) in [6.45, 7) is 2.94. The molecule has 3 rings (SSSR count). The monoisotopic (exact) mass is 415 g/mol. The van der Waals surface area contributed by atoms with Gasteiger partial charge in [0, 0.05) is 18.3 Å². The lowest BCUT2D eigenvalue weighted by atomic mass is 9.91. The summed E-state index contributed by atoms with van der Waals surface area (Å²) in [5.74, 6) is -0.674. The largest absolute Gasteiger partial charge is 0.370 e. The van der Waals surface area contributed by atoms with Crippen molar-refractivity contribution >= 4 is 39.8 Å². The second kappa shape index (κ2) is 9.23. The quantitative estimate of drug-likeness (QED) is 0.407. The van der Waals surface area contributed by atoms with Crippen molar-refractivity contribution in [3.8, 4) is 0 Å². The zero-order chi connectivity index (χ0) is 21.0. The summed E-state index contributed by atoms with van der Waals surface area (Å²) in [6.07, 6.45) is 3.30. The number of likely N-dealkylation sites (N-methyl/N-ethyl adjacent to an activating group) is 1. The zero-order valence-electron chi connectivity index (χ0n) is 16.8. The molecule has 2 aromatic heterocycles. The molecule has 0 radical (unpaired) electrons. The highest BCUT2D eigenvalue weighted by molar-refractivity contribution is 7.17. The van der Waals surface area contributed by atoms with E-state index in [0.29, 0.717) is 46.3 Å². The van der Waals surface area contributed by atoms with Gasteiger partial charge in [0.25, 0.3) is 0 Å². The molecule has 0 fully saturated rings. The van der Waals surface area contributed by atoms with E-state index in [1.54, 1.807) is 31.1 Å². The SMILES string of the molecule is CCNc1ccc(C(=O)C2CCCc3nc(NC(=O)CN(C)C)sc3C2=O)cn1. The average Bonchev–Trinajstić information content (AvgIpc) is 3.00. The molecule has 8 nitrogen and oxygen atoms in total. The number of amides is 1. The fourth-order valence-corrected chi connectivity index (χ4v) is 4.28. The highest BCUT2D eigenvalue weighted by atomic mass is 32.1. The minimum Gasteiger partial charge on any atom is -0.370 e. The van der Waals surface area contributed by atoms with Crippen molar-refractivity contribution in [3.05, 3.63) is 34.5 Å². The molecule has 0 bridgehead atoms. The normalized spacial score (nSPS) is 16.3. The number of nitrogens with one attached hydrogen (secondary N) is 2. The smallest absolute Gasteiger partial charge is 0.240 e. The second-order valence-electron chi connectivity index (χ2n) is 7.22. The molecular weight excluding hydrogens is 390 g/mol. The Morgan fingerprint density at radius 2 is 2.10 bits per heavy atom. The summed E-state index contributed by atoms with van der Waals surface area (Å²) < 4.78 is 0. The van der Waals surface area contributed by atoms with Crippen LogP contribution < -0.4 is 10.6 Å². The van der Waals surface area contributed by atoms with Crippen LogP contribution in [0.3, 0.4) is 0 Å². The van der Waals surface area contributed by atoms with E-state index in [1.165, 1.54) is 6.20 Å². The Bertz CT molecular complexity index is 907. The number of carbonyl (C=O) groups is 3. The number of rotatable bonds is 7. The van der Waals surface area contributed by atoms with Crippen molar-refractivity contribution in [2.24, 2.45) is 5.92 Å². The number of Topliss-reactive ketones (excluding diaryl/α,β-unsaturated/α-hetero) is 2. The maximum absolute atomic E-state index is 13.1. The van der Waals surface area contributed by atoms with Crippen LogP contribution >= 0.6 is 11.3 Å². The first-order valence-electron chi connectivity index (χ1n) is 9.61. The van der Waals surface area contributed by atoms with Crippen molar-refractivity contribution in [1.82, 2.24) is 14.9 Å². The van der Waals surface area contributed by atoms with Gasteiger partial charge < -0.3 is 15.5 Å². The molecule has 9 heteroatoms. The zero-order valence-corrected chi connectivity index (χ0v) is 17.6. The summed E-state index contributed by atoms with van der Waals surface area (Å²) in [5, 5.41) is 6.22. The fraction of sp³-hybridized carbons (Fsp3) is 0.450.